The molecule has 0 aromatic carbocycles. The highest BCUT2D eigenvalue weighted by atomic mass is 16.1. The van der Waals surface area contributed by atoms with E-state index < -0.39 is 0 Å². The highest BCUT2D eigenvalue weighted by Gasteiger charge is 1.96. The molecule has 2 aromatic heterocycles. The summed E-state index contributed by atoms with van der Waals surface area (Å²) in [6.45, 7) is 0. The molecule has 0 atom stereocenters. The highest BCUT2D eigenvalue weighted by molar-refractivity contribution is 6.08. The second-order valence-corrected chi connectivity index (χ2v) is 2.36. The predicted molar refractivity (Wildman–Crippen MR) is 42.7 cm³/mol. The number of hydrogen-bond donors (Lipinski definition) is 2. The van der Waals surface area contributed by atoms with E-state index in [9.17, 15) is 4.79 Å². The first kappa shape index (κ1) is 6.91. The van der Waals surface area contributed by atoms with E-state index in [1.165, 1.54) is 0 Å². The molecule has 0 aliphatic heterocycles. The molecule has 3 nitrogen and oxygen atoms in total. The molecule has 0 saturated carbocycles. The minimum Gasteiger partial charge on any atom is -0.453 e. The van der Waals surface area contributed by atoms with Crippen molar-refractivity contribution < 1.29 is 4.79 Å². The second-order valence-electron chi connectivity index (χ2n) is 2.36. The Morgan fingerprint density at radius 2 is 1.58 bits per heavy atom. The van der Waals surface area contributed by atoms with Crippen molar-refractivity contribution in [2.24, 2.45) is 0 Å². The molecule has 12 heavy (non-hydrogen) atoms. The van der Waals surface area contributed by atoms with Gasteiger partial charge in [-0.1, -0.05) is 23.5 Å². The predicted octanol–water partition coefficient (Wildman–Crippen LogP) is 1.17. The van der Waals surface area contributed by atoms with E-state index >= 15 is 0 Å². The molecular weight excluding hydrogens is 152 g/mol. The van der Waals surface area contributed by atoms with Gasteiger partial charge in [-0.3, -0.25) is 0 Å². The van der Waals surface area contributed by atoms with E-state index in [-0.39, 0.29) is 5.78 Å². The highest BCUT2D eigenvalue weighted by Crippen LogP contribution is 2.06. The average Bonchev–Trinajstić information content (AvgIpc) is 2.77. The molecule has 0 fully saturated rings. The van der Waals surface area contributed by atoms with E-state index in [1.54, 1.807) is 24.5 Å². The Morgan fingerprint density at radius 1 is 1.08 bits per heavy atom. The molecule has 0 unspecified atom stereocenters. The molecule has 0 amide bonds. The van der Waals surface area contributed by atoms with Crippen LogP contribution in [-0.4, -0.2) is 15.8 Å². The van der Waals surface area contributed by atoms with Crippen LogP contribution in [-0.2, 0) is 0 Å². The molecule has 60 valence electrons. The quantitative estimate of drug-likeness (QED) is 0.500. The van der Waals surface area contributed by atoms with Gasteiger partial charge in [0, 0.05) is 0 Å². The lowest BCUT2D eigenvalue weighted by Gasteiger charge is -2.01. The molecule has 0 saturated heterocycles. The Labute approximate surface area is 69.4 Å². The molecule has 3 heteroatoms. The van der Waals surface area contributed by atoms with Gasteiger partial charge in [-0.05, 0) is 0 Å². The van der Waals surface area contributed by atoms with Gasteiger partial charge in [0.2, 0.25) is 0 Å². The zero-order chi connectivity index (χ0) is 8.39. The van der Waals surface area contributed by atoms with Gasteiger partial charge in [0.15, 0.2) is 0 Å². The van der Waals surface area contributed by atoms with Crippen LogP contribution >= 0.6 is 0 Å². The van der Waals surface area contributed by atoms with Crippen LogP contribution < -0.4 is 0 Å². The van der Waals surface area contributed by atoms with Crippen molar-refractivity contribution >= 4 is 5.78 Å². The number of aromatic amines is 2. The number of nitrogens with one attached hydrogen (secondary N) is 2. The smallest absolute Gasteiger partial charge is 0.0909 e. The zero-order valence-corrected chi connectivity index (χ0v) is 6.22. The minimum atomic E-state index is -0.0718. The molecule has 2 heterocycles. The molecule has 0 aliphatic rings. The minimum absolute atomic E-state index is 0.0718. The van der Waals surface area contributed by atoms with Crippen molar-refractivity contribution in [2.45, 2.75) is 0 Å². The van der Waals surface area contributed by atoms with Gasteiger partial charge in [0.1, 0.15) is 0 Å². The topological polar surface area (TPSA) is 48.6 Å². The summed E-state index contributed by atoms with van der Waals surface area (Å²) in [5.41, 5.74) is 1.07. The Kier molecular flexibility index (Phi) is 1.55. The number of rotatable bonds is 2. The molecule has 2 aromatic rings. The summed E-state index contributed by atoms with van der Waals surface area (Å²) in [4.78, 5) is 16.9. The van der Waals surface area contributed by atoms with E-state index in [2.05, 4.69) is 22.4 Å². The van der Waals surface area contributed by atoms with Crippen molar-refractivity contribution in [3.63, 3.8) is 0 Å². The van der Waals surface area contributed by atoms with Crippen LogP contribution in [0, 0.1) is 12.4 Å². The lowest BCUT2D eigenvalue weighted by Crippen LogP contribution is -1.97. The van der Waals surface area contributed by atoms with E-state index in [0.29, 0.717) is 11.1 Å². The third-order valence-electron chi connectivity index (χ3n) is 1.57. The van der Waals surface area contributed by atoms with E-state index in [1.807, 2.05) is 0 Å². The zero-order valence-electron chi connectivity index (χ0n) is 6.22. The van der Waals surface area contributed by atoms with Crippen LogP contribution in [0.15, 0.2) is 24.5 Å². The van der Waals surface area contributed by atoms with Gasteiger partial charge in [0.05, 0.1) is 5.78 Å². The van der Waals surface area contributed by atoms with Crippen LogP contribution in [0.2, 0.25) is 0 Å². The van der Waals surface area contributed by atoms with Crippen molar-refractivity contribution in [1.29, 1.82) is 0 Å². The summed E-state index contributed by atoms with van der Waals surface area (Å²) in [6, 6.07) is 3.37. The third-order valence-corrected chi connectivity index (χ3v) is 1.57. The molecule has 0 bridgehead atoms. The lowest BCUT2D eigenvalue weighted by molar-refractivity contribution is 0.103. The Balaban J connectivity index is 2.34. The fourth-order valence-corrected chi connectivity index (χ4v) is 0.982. The summed E-state index contributed by atoms with van der Waals surface area (Å²) in [5.74, 6) is -0.0718. The normalized spacial score (nSPS) is 10.0. The standard InChI is InChI=1S/C9H6N2O/c12-9(7-1-3-10-5-7)8-2-4-11-6-8/h1-4,10-11H/q-2. The maximum Gasteiger partial charge on any atom is 0.0909 e. The van der Waals surface area contributed by atoms with Gasteiger partial charge in [0.25, 0.3) is 0 Å². The number of aromatic nitrogens is 2. The van der Waals surface area contributed by atoms with Crippen LogP contribution in [0.25, 0.3) is 0 Å². The van der Waals surface area contributed by atoms with Crippen molar-refractivity contribution in [1.82, 2.24) is 9.97 Å². The first-order chi connectivity index (χ1) is 5.88. The van der Waals surface area contributed by atoms with Gasteiger partial charge < -0.3 is 14.8 Å². The van der Waals surface area contributed by atoms with Crippen LogP contribution in [0.4, 0.5) is 0 Å². The van der Waals surface area contributed by atoms with Crippen molar-refractivity contribution in [3.05, 3.63) is 48.0 Å². The summed E-state index contributed by atoms with van der Waals surface area (Å²) in [7, 11) is 0. The maximum absolute atomic E-state index is 11.5. The second kappa shape index (κ2) is 2.70. The van der Waals surface area contributed by atoms with Gasteiger partial charge >= 0.3 is 0 Å². The summed E-state index contributed by atoms with van der Waals surface area (Å²) < 4.78 is 0. The van der Waals surface area contributed by atoms with E-state index in [0.717, 1.165) is 0 Å². The molecule has 0 radical (unpaired) electrons. The SMILES string of the molecule is O=C(c1[c-][nH]cc1)c1[c-][nH]cc1. The van der Waals surface area contributed by atoms with Crippen LogP contribution in [0.5, 0.6) is 0 Å². The van der Waals surface area contributed by atoms with Gasteiger partial charge in [-0.15, -0.1) is 12.4 Å². The number of ketones is 1. The summed E-state index contributed by atoms with van der Waals surface area (Å²) in [5, 5.41) is 0. The number of carbonyl (C=O) groups is 1. The fraction of sp³-hybridized carbons (Fsp3) is 0. The summed E-state index contributed by atoms with van der Waals surface area (Å²) in [6.07, 6.45) is 8.77. The fourth-order valence-electron chi connectivity index (χ4n) is 0.982. The average molecular weight is 158 g/mol. The number of H-pyrrole nitrogens is 2. The van der Waals surface area contributed by atoms with Crippen molar-refractivity contribution in [2.75, 3.05) is 0 Å². The molecule has 0 aliphatic carbocycles. The van der Waals surface area contributed by atoms with Crippen molar-refractivity contribution in [3.8, 4) is 0 Å². The monoisotopic (exact) mass is 158 g/mol. The largest absolute Gasteiger partial charge is 0.453 e. The first-order valence-electron chi connectivity index (χ1n) is 3.53. The van der Waals surface area contributed by atoms with Crippen LogP contribution in [0.1, 0.15) is 15.9 Å². The maximum atomic E-state index is 11.5. The van der Waals surface area contributed by atoms with Gasteiger partial charge in [-0.25, -0.2) is 0 Å². The van der Waals surface area contributed by atoms with E-state index in [4.69, 9.17) is 0 Å². The molecule has 2 N–H and O–H groups in total. The molecule has 2 rings (SSSR count). The van der Waals surface area contributed by atoms with Gasteiger partial charge in [-0.2, -0.15) is 12.1 Å². The van der Waals surface area contributed by atoms with Crippen LogP contribution in [0.3, 0.4) is 0 Å². The summed E-state index contributed by atoms with van der Waals surface area (Å²) >= 11 is 0. The Hall–Kier alpha value is -1.77. The molecule has 0 spiro atoms. The third kappa shape index (κ3) is 1.05. The number of hydrogen-bond acceptors (Lipinski definition) is 1. The lowest BCUT2D eigenvalue weighted by atomic mass is 10.1. The Bertz CT molecular complexity index is 323. The molecular formula is C9H6N2O-2. The number of carbonyl (C=O) groups excluding carboxylic acids is 1. The first-order valence-corrected chi connectivity index (χ1v) is 3.53. The Morgan fingerprint density at radius 3 is 1.92 bits per heavy atom.